The van der Waals surface area contributed by atoms with Crippen LogP contribution in [0.5, 0.6) is 0 Å². The topological polar surface area (TPSA) is 27.3 Å². The summed E-state index contributed by atoms with van der Waals surface area (Å²) in [6.07, 6.45) is 3.66. The number of hydrogen-bond acceptors (Lipinski definition) is 3. The Morgan fingerprint density at radius 1 is 1.00 bits per heavy atom. The molecule has 0 aliphatic heterocycles. The second kappa shape index (κ2) is 9.44. The standard InChI is InChI=1S/C11H27N3/c1-5-7-9-13-14(10-11(3)4)12-8-6-2/h11-13H,5-10H2,1-4H3. The van der Waals surface area contributed by atoms with Gasteiger partial charge in [-0.2, -0.15) is 5.12 Å². The van der Waals surface area contributed by atoms with Crippen LogP contribution in [0.1, 0.15) is 47.0 Å². The molecule has 86 valence electrons. The van der Waals surface area contributed by atoms with Gasteiger partial charge in [-0.05, 0) is 18.8 Å². The molecule has 0 radical (unpaired) electrons. The maximum absolute atomic E-state index is 3.41. The Labute approximate surface area is 89.2 Å². The lowest BCUT2D eigenvalue weighted by Gasteiger charge is -2.25. The minimum atomic E-state index is 0.688. The largest absolute Gasteiger partial charge is 0.242 e. The first-order chi connectivity index (χ1) is 6.70. The molecular formula is C11H27N3. The van der Waals surface area contributed by atoms with Crippen molar-refractivity contribution in [2.45, 2.75) is 47.0 Å². The second-order valence-electron chi connectivity index (χ2n) is 4.17. The zero-order valence-electron chi connectivity index (χ0n) is 10.3. The zero-order chi connectivity index (χ0) is 10.8. The normalized spacial score (nSPS) is 11.6. The Hall–Kier alpha value is -0.120. The predicted molar refractivity (Wildman–Crippen MR) is 62.7 cm³/mol. The first kappa shape index (κ1) is 13.9. The van der Waals surface area contributed by atoms with Crippen molar-refractivity contribution in [2.75, 3.05) is 19.6 Å². The first-order valence-corrected chi connectivity index (χ1v) is 5.95. The molecule has 3 nitrogen and oxygen atoms in total. The van der Waals surface area contributed by atoms with Gasteiger partial charge in [0.2, 0.25) is 0 Å². The summed E-state index contributed by atoms with van der Waals surface area (Å²) in [5.41, 5.74) is 6.79. The Balaban J connectivity index is 3.61. The molecule has 0 aliphatic rings. The Bertz CT molecular complexity index is 115. The van der Waals surface area contributed by atoms with E-state index >= 15 is 0 Å². The van der Waals surface area contributed by atoms with E-state index in [2.05, 4.69) is 43.7 Å². The second-order valence-corrected chi connectivity index (χ2v) is 4.17. The van der Waals surface area contributed by atoms with Crippen LogP contribution in [0, 0.1) is 5.92 Å². The summed E-state index contributed by atoms with van der Waals surface area (Å²) in [6, 6.07) is 0. The molecule has 0 amide bonds. The molecule has 0 rings (SSSR count). The van der Waals surface area contributed by atoms with E-state index in [0.717, 1.165) is 19.6 Å². The molecule has 0 aromatic heterocycles. The molecule has 0 aromatic rings. The van der Waals surface area contributed by atoms with Crippen LogP contribution in [0.25, 0.3) is 0 Å². The van der Waals surface area contributed by atoms with Gasteiger partial charge in [0.15, 0.2) is 0 Å². The lowest BCUT2D eigenvalue weighted by atomic mass is 10.2. The highest BCUT2D eigenvalue weighted by molar-refractivity contribution is 4.51. The molecule has 3 heteroatoms. The van der Waals surface area contributed by atoms with E-state index in [4.69, 9.17) is 0 Å². The molecular weight excluding hydrogens is 174 g/mol. The van der Waals surface area contributed by atoms with Gasteiger partial charge in [-0.1, -0.05) is 34.1 Å². The third-order valence-electron chi connectivity index (χ3n) is 1.93. The van der Waals surface area contributed by atoms with Gasteiger partial charge in [0.25, 0.3) is 0 Å². The van der Waals surface area contributed by atoms with E-state index < -0.39 is 0 Å². The molecule has 14 heavy (non-hydrogen) atoms. The fourth-order valence-corrected chi connectivity index (χ4v) is 1.19. The molecule has 0 aromatic carbocycles. The van der Waals surface area contributed by atoms with Crippen LogP contribution in [0.2, 0.25) is 0 Å². The van der Waals surface area contributed by atoms with Crippen molar-refractivity contribution in [1.29, 1.82) is 0 Å². The summed E-state index contributed by atoms with van der Waals surface area (Å²) in [5.74, 6) is 0.688. The van der Waals surface area contributed by atoms with Crippen molar-refractivity contribution >= 4 is 0 Å². The molecule has 0 saturated carbocycles. The smallest absolute Gasteiger partial charge is 0.0311 e. The van der Waals surface area contributed by atoms with Crippen LogP contribution in [0.4, 0.5) is 0 Å². The molecule has 0 atom stereocenters. The molecule has 0 unspecified atom stereocenters. The van der Waals surface area contributed by atoms with E-state index in [-0.39, 0.29) is 0 Å². The highest BCUT2D eigenvalue weighted by atomic mass is 15.7. The quantitative estimate of drug-likeness (QED) is 0.442. The molecule has 0 fully saturated rings. The molecule has 0 heterocycles. The summed E-state index contributed by atoms with van der Waals surface area (Å²) < 4.78 is 0. The van der Waals surface area contributed by atoms with Crippen LogP contribution in [-0.2, 0) is 0 Å². The highest BCUT2D eigenvalue weighted by Gasteiger charge is 2.04. The number of nitrogens with one attached hydrogen (secondary N) is 2. The Kier molecular flexibility index (Phi) is 9.35. The van der Waals surface area contributed by atoms with Crippen molar-refractivity contribution in [3.05, 3.63) is 0 Å². The van der Waals surface area contributed by atoms with Gasteiger partial charge >= 0.3 is 0 Å². The maximum Gasteiger partial charge on any atom is 0.0311 e. The maximum atomic E-state index is 3.41. The fourth-order valence-electron chi connectivity index (χ4n) is 1.19. The van der Waals surface area contributed by atoms with Crippen LogP contribution >= 0.6 is 0 Å². The zero-order valence-corrected chi connectivity index (χ0v) is 10.3. The fraction of sp³-hybridized carbons (Fsp3) is 1.00. The van der Waals surface area contributed by atoms with Gasteiger partial charge < -0.3 is 0 Å². The average Bonchev–Trinajstić information content (AvgIpc) is 2.13. The van der Waals surface area contributed by atoms with Crippen LogP contribution < -0.4 is 10.9 Å². The summed E-state index contributed by atoms with van der Waals surface area (Å²) >= 11 is 0. The van der Waals surface area contributed by atoms with Crippen molar-refractivity contribution in [1.82, 2.24) is 16.0 Å². The predicted octanol–water partition coefficient (Wildman–Crippen LogP) is 2.16. The minimum Gasteiger partial charge on any atom is -0.242 e. The van der Waals surface area contributed by atoms with Crippen molar-refractivity contribution < 1.29 is 0 Å². The summed E-state index contributed by atoms with van der Waals surface area (Å²) in [4.78, 5) is 0. The van der Waals surface area contributed by atoms with Gasteiger partial charge in [-0.3, -0.25) is 0 Å². The van der Waals surface area contributed by atoms with Gasteiger partial charge in [0, 0.05) is 19.6 Å². The number of rotatable bonds is 9. The van der Waals surface area contributed by atoms with Gasteiger partial charge in [-0.15, -0.1) is 0 Å². The van der Waals surface area contributed by atoms with Crippen LogP contribution in [-0.4, -0.2) is 24.8 Å². The average molecular weight is 201 g/mol. The van der Waals surface area contributed by atoms with Gasteiger partial charge in [-0.25, -0.2) is 10.9 Å². The first-order valence-electron chi connectivity index (χ1n) is 5.95. The molecule has 0 aliphatic carbocycles. The molecule has 0 spiro atoms. The van der Waals surface area contributed by atoms with E-state index in [1.807, 2.05) is 0 Å². The summed E-state index contributed by atoms with van der Waals surface area (Å²) in [6.45, 7) is 12.1. The molecule has 0 saturated heterocycles. The van der Waals surface area contributed by atoms with E-state index in [9.17, 15) is 0 Å². The minimum absolute atomic E-state index is 0.688. The van der Waals surface area contributed by atoms with Crippen molar-refractivity contribution in [3.63, 3.8) is 0 Å². The van der Waals surface area contributed by atoms with Crippen molar-refractivity contribution in [3.8, 4) is 0 Å². The van der Waals surface area contributed by atoms with E-state index in [0.29, 0.717) is 5.92 Å². The van der Waals surface area contributed by atoms with Gasteiger partial charge in [0.05, 0.1) is 0 Å². The number of hydrazine groups is 2. The Morgan fingerprint density at radius 3 is 2.14 bits per heavy atom. The van der Waals surface area contributed by atoms with E-state index in [1.165, 1.54) is 19.3 Å². The third-order valence-corrected chi connectivity index (χ3v) is 1.93. The van der Waals surface area contributed by atoms with E-state index in [1.54, 1.807) is 0 Å². The Morgan fingerprint density at radius 2 is 1.64 bits per heavy atom. The van der Waals surface area contributed by atoms with Gasteiger partial charge in [0.1, 0.15) is 0 Å². The third kappa shape index (κ3) is 8.48. The highest BCUT2D eigenvalue weighted by Crippen LogP contribution is 1.93. The lowest BCUT2D eigenvalue weighted by Crippen LogP contribution is -2.50. The monoisotopic (exact) mass is 201 g/mol. The molecule has 2 N–H and O–H groups in total. The summed E-state index contributed by atoms with van der Waals surface area (Å²) in [7, 11) is 0. The number of hydrogen-bond donors (Lipinski definition) is 2. The van der Waals surface area contributed by atoms with Crippen LogP contribution in [0.15, 0.2) is 0 Å². The molecule has 0 bridgehead atoms. The number of unbranched alkanes of at least 4 members (excludes halogenated alkanes) is 1. The van der Waals surface area contributed by atoms with Crippen molar-refractivity contribution in [2.24, 2.45) is 5.92 Å². The lowest BCUT2D eigenvalue weighted by molar-refractivity contribution is 0.0968. The number of nitrogens with zero attached hydrogens (tertiary/aromatic N) is 1. The van der Waals surface area contributed by atoms with Crippen LogP contribution in [0.3, 0.4) is 0 Å². The SMILES string of the molecule is CCCCNN(CC(C)C)NCCC. The summed E-state index contributed by atoms with van der Waals surface area (Å²) in [5, 5.41) is 2.14.